The van der Waals surface area contributed by atoms with Crippen LogP contribution < -0.4 is 0 Å². The molecule has 13 heavy (non-hydrogen) atoms. The Labute approximate surface area is 80.0 Å². The Morgan fingerprint density at radius 2 is 1.92 bits per heavy atom. The van der Waals surface area contributed by atoms with Crippen LogP contribution in [-0.2, 0) is 0 Å². The third kappa shape index (κ3) is 2.17. The van der Waals surface area contributed by atoms with Crippen LogP contribution in [0.1, 0.15) is 25.0 Å². The Bertz CT molecular complexity index is 315. The lowest BCUT2D eigenvalue weighted by Gasteiger charge is -2.10. The lowest BCUT2D eigenvalue weighted by molar-refractivity contribution is 0.173. The van der Waals surface area contributed by atoms with E-state index in [4.69, 9.17) is 11.6 Å². The first-order chi connectivity index (χ1) is 6.06. The average Bonchev–Trinajstić information content (AvgIpc) is 2.10. The van der Waals surface area contributed by atoms with Crippen LogP contribution in [0.3, 0.4) is 0 Å². The second-order valence-electron chi connectivity index (χ2n) is 2.71. The molecule has 0 spiro atoms. The van der Waals surface area contributed by atoms with Crippen molar-refractivity contribution >= 4 is 11.6 Å². The van der Waals surface area contributed by atoms with Crippen molar-refractivity contribution in [3.63, 3.8) is 0 Å². The van der Waals surface area contributed by atoms with Crippen molar-refractivity contribution in [2.24, 2.45) is 0 Å². The summed E-state index contributed by atoms with van der Waals surface area (Å²) in [5, 5.41) is 9.40. The summed E-state index contributed by atoms with van der Waals surface area (Å²) in [6.07, 6.45) is -0.437. The number of aliphatic hydroxyl groups excluding tert-OH is 1. The fraction of sp³-hybridized carbons (Fsp3) is 0.333. The summed E-state index contributed by atoms with van der Waals surface area (Å²) < 4.78 is 25.3. The molecule has 1 rings (SSSR count). The maximum absolute atomic E-state index is 12.7. The van der Waals surface area contributed by atoms with Gasteiger partial charge in [-0.1, -0.05) is 18.5 Å². The second kappa shape index (κ2) is 4.03. The second-order valence-corrected chi connectivity index (χ2v) is 3.12. The van der Waals surface area contributed by atoms with Gasteiger partial charge in [0, 0.05) is 10.6 Å². The SMILES string of the molecule is CC[C@@H](O)c1cc(F)c(F)cc1Cl. The van der Waals surface area contributed by atoms with Crippen molar-refractivity contribution in [2.75, 3.05) is 0 Å². The van der Waals surface area contributed by atoms with Gasteiger partial charge >= 0.3 is 0 Å². The molecule has 1 atom stereocenters. The van der Waals surface area contributed by atoms with Gasteiger partial charge < -0.3 is 5.11 Å². The standard InChI is InChI=1S/C9H9ClF2O/c1-2-9(13)5-3-7(11)8(12)4-6(5)10/h3-4,9,13H,2H2,1H3/t9-/m1/s1. The highest BCUT2D eigenvalue weighted by Crippen LogP contribution is 2.27. The van der Waals surface area contributed by atoms with Gasteiger partial charge in [-0.25, -0.2) is 8.78 Å². The highest BCUT2D eigenvalue weighted by molar-refractivity contribution is 6.31. The number of hydrogen-bond donors (Lipinski definition) is 1. The lowest BCUT2D eigenvalue weighted by Crippen LogP contribution is -1.98. The number of rotatable bonds is 2. The average molecular weight is 207 g/mol. The topological polar surface area (TPSA) is 20.2 Å². The molecule has 72 valence electrons. The number of benzene rings is 1. The molecular weight excluding hydrogens is 198 g/mol. The summed E-state index contributed by atoms with van der Waals surface area (Å²) in [6.45, 7) is 1.72. The molecule has 0 aliphatic carbocycles. The van der Waals surface area contributed by atoms with E-state index in [0.717, 1.165) is 12.1 Å². The molecule has 1 aromatic rings. The maximum Gasteiger partial charge on any atom is 0.160 e. The summed E-state index contributed by atoms with van der Waals surface area (Å²) >= 11 is 5.61. The van der Waals surface area contributed by atoms with Crippen LogP contribution in [0.4, 0.5) is 8.78 Å². The molecule has 0 bridgehead atoms. The minimum atomic E-state index is -1.00. The van der Waals surface area contributed by atoms with E-state index in [1.165, 1.54) is 0 Å². The van der Waals surface area contributed by atoms with Gasteiger partial charge in [0.05, 0.1) is 6.10 Å². The van der Waals surface area contributed by atoms with Gasteiger partial charge in [-0.05, 0) is 18.6 Å². The molecule has 0 aliphatic rings. The van der Waals surface area contributed by atoms with Crippen molar-refractivity contribution < 1.29 is 13.9 Å². The van der Waals surface area contributed by atoms with E-state index >= 15 is 0 Å². The third-order valence-corrected chi connectivity index (χ3v) is 2.11. The van der Waals surface area contributed by atoms with Gasteiger partial charge in [0.15, 0.2) is 11.6 Å². The monoisotopic (exact) mass is 206 g/mol. The van der Waals surface area contributed by atoms with Crippen LogP contribution >= 0.6 is 11.6 Å². The number of aliphatic hydroxyl groups is 1. The Kier molecular flexibility index (Phi) is 3.22. The van der Waals surface area contributed by atoms with E-state index in [-0.39, 0.29) is 10.6 Å². The molecule has 0 amide bonds. The van der Waals surface area contributed by atoms with Crippen LogP contribution in [0.15, 0.2) is 12.1 Å². The summed E-state index contributed by atoms with van der Waals surface area (Å²) in [6, 6.07) is 1.79. The molecule has 0 aliphatic heterocycles. The fourth-order valence-corrected chi connectivity index (χ4v) is 1.29. The van der Waals surface area contributed by atoms with Crippen LogP contribution in [0.5, 0.6) is 0 Å². The minimum absolute atomic E-state index is 0.0493. The quantitative estimate of drug-likeness (QED) is 0.738. The van der Waals surface area contributed by atoms with Gasteiger partial charge in [-0.2, -0.15) is 0 Å². The predicted molar refractivity (Wildman–Crippen MR) is 46.6 cm³/mol. The zero-order valence-corrected chi connectivity index (χ0v) is 7.78. The zero-order chi connectivity index (χ0) is 10.0. The number of halogens is 3. The fourth-order valence-electron chi connectivity index (χ4n) is 1.01. The van der Waals surface area contributed by atoms with Crippen LogP contribution in [0, 0.1) is 11.6 Å². The first kappa shape index (κ1) is 10.4. The molecular formula is C9H9ClF2O. The first-order valence-electron chi connectivity index (χ1n) is 3.88. The summed E-state index contributed by atoms with van der Waals surface area (Å²) in [7, 11) is 0. The minimum Gasteiger partial charge on any atom is -0.388 e. The van der Waals surface area contributed by atoms with Gasteiger partial charge in [-0.15, -0.1) is 0 Å². The predicted octanol–water partition coefficient (Wildman–Crippen LogP) is 3.06. The Hall–Kier alpha value is -0.670. The molecule has 4 heteroatoms. The molecule has 1 aromatic carbocycles. The van der Waals surface area contributed by atoms with Crippen LogP contribution in [0.2, 0.25) is 5.02 Å². The summed E-state index contributed by atoms with van der Waals surface area (Å²) in [5.74, 6) is -2.00. The molecule has 1 N–H and O–H groups in total. The third-order valence-electron chi connectivity index (χ3n) is 1.79. The molecule has 0 saturated carbocycles. The van der Waals surface area contributed by atoms with Crippen molar-refractivity contribution in [1.29, 1.82) is 0 Å². The summed E-state index contributed by atoms with van der Waals surface area (Å²) in [4.78, 5) is 0. The van der Waals surface area contributed by atoms with E-state index in [1.807, 2.05) is 0 Å². The molecule has 1 nitrogen and oxygen atoms in total. The van der Waals surface area contributed by atoms with E-state index in [1.54, 1.807) is 6.92 Å². The van der Waals surface area contributed by atoms with Crippen LogP contribution in [0.25, 0.3) is 0 Å². The van der Waals surface area contributed by atoms with E-state index in [9.17, 15) is 13.9 Å². The van der Waals surface area contributed by atoms with Crippen molar-refractivity contribution in [1.82, 2.24) is 0 Å². The van der Waals surface area contributed by atoms with E-state index in [0.29, 0.717) is 6.42 Å². The highest BCUT2D eigenvalue weighted by atomic mass is 35.5. The molecule has 0 heterocycles. The molecule has 0 fully saturated rings. The highest BCUT2D eigenvalue weighted by Gasteiger charge is 2.13. The van der Waals surface area contributed by atoms with Crippen LogP contribution in [-0.4, -0.2) is 5.11 Å². The summed E-state index contributed by atoms with van der Waals surface area (Å²) in [5.41, 5.74) is 0.225. The molecule has 0 saturated heterocycles. The Morgan fingerprint density at radius 1 is 1.38 bits per heavy atom. The molecule has 0 aromatic heterocycles. The Morgan fingerprint density at radius 3 is 2.46 bits per heavy atom. The van der Waals surface area contributed by atoms with E-state index < -0.39 is 17.7 Å². The smallest absolute Gasteiger partial charge is 0.160 e. The Balaban J connectivity index is 3.15. The van der Waals surface area contributed by atoms with Gasteiger partial charge in [-0.3, -0.25) is 0 Å². The van der Waals surface area contributed by atoms with Crippen molar-refractivity contribution in [2.45, 2.75) is 19.4 Å². The first-order valence-corrected chi connectivity index (χ1v) is 4.26. The molecule has 0 unspecified atom stereocenters. The zero-order valence-electron chi connectivity index (χ0n) is 7.02. The van der Waals surface area contributed by atoms with Gasteiger partial charge in [0.1, 0.15) is 0 Å². The number of hydrogen-bond acceptors (Lipinski definition) is 1. The van der Waals surface area contributed by atoms with Crippen molar-refractivity contribution in [3.05, 3.63) is 34.4 Å². The lowest BCUT2D eigenvalue weighted by atomic mass is 10.1. The maximum atomic E-state index is 12.7. The van der Waals surface area contributed by atoms with Crippen molar-refractivity contribution in [3.8, 4) is 0 Å². The molecule has 0 radical (unpaired) electrons. The largest absolute Gasteiger partial charge is 0.388 e. The van der Waals surface area contributed by atoms with Gasteiger partial charge in [0.25, 0.3) is 0 Å². The normalized spacial score (nSPS) is 13.0. The van der Waals surface area contributed by atoms with Gasteiger partial charge in [0.2, 0.25) is 0 Å². The van der Waals surface area contributed by atoms with E-state index in [2.05, 4.69) is 0 Å².